The maximum atomic E-state index is 13.2. The number of carbonyl (C=O) groups excluding carboxylic acids is 4. The second-order valence-corrected chi connectivity index (χ2v) is 6.65. The molecule has 2 fully saturated rings. The molecule has 0 saturated carbocycles. The summed E-state index contributed by atoms with van der Waals surface area (Å²) in [5, 5.41) is 3.22. The smallest absolute Gasteiger partial charge is 0.330 e. The van der Waals surface area contributed by atoms with Crippen molar-refractivity contribution in [3.8, 4) is 0 Å². The van der Waals surface area contributed by atoms with E-state index in [0.29, 0.717) is 43.5 Å². The minimum absolute atomic E-state index is 0.317. The van der Waals surface area contributed by atoms with Crippen LogP contribution in [0.4, 0.5) is 0 Å². The molecular formula is C18H19N3O5. The van der Waals surface area contributed by atoms with Crippen molar-refractivity contribution in [3.63, 3.8) is 0 Å². The lowest BCUT2D eigenvalue weighted by Crippen LogP contribution is -2.55. The molecule has 8 nitrogen and oxygen atoms in total. The Labute approximate surface area is 150 Å². The van der Waals surface area contributed by atoms with Crippen molar-refractivity contribution in [1.82, 2.24) is 14.9 Å². The van der Waals surface area contributed by atoms with E-state index >= 15 is 0 Å². The number of esters is 1. The van der Waals surface area contributed by atoms with Crippen molar-refractivity contribution >= 4 is 23.7 Å². The molecule has 8 heteroatoms. The Balaban J connectivity index is 1.67. The van der Waals surface area contributed by atoms with Crippen LogP contribution in [0.15, 0.2) is 24.3 Å². The summed E-state index contributed by atoms with van der Waals surface area (Å²) >= 11 is 0. The monoisotopic (exact) mass is 357 g/mol. The number of amides is 3. The summed E-state index contributed by atoms with van der Waals surface area (Å²) in [5.41, 5.74) is 0.634. The molecular weight excluding hydrogens is 338 g/mol. The van der Waals surface area contributed by atoms with Crippen LogP contribution in [-0.2, 0) is 14.3 Å². The molecule has 0 bridgehead atoms. The zero-order valence-electron chi connectivity index (χ0n) is 14.4. The Hall–Kier alpha value is -2.74. The molecule has 1 aromatic rings. The SMILES string of the molecule is COC(=O)C1CCN2CCCC(N3C(=O)c4ccccc4C3=O)C(=O)N12. The first-order chi connectivity index (χ1) is 12.5. The molecule has 26 heavy (non-hydrogen) atoms. The average Bonchev–Trinajstić information content (AvgIpc) is 3.13. The predicted octanol–water partition coefficient (Wildman–Crippen LogP) is 0.436. The largest absolute Gasteiger partial charge is 0.467 e. The minimum Gasteiger partial charge on any atom is -0.467 e. The van der Waals surface area contributed by atoms with Gasteiger partial charge in [0.2, 0.25) is 0 Å². The third-order valence-electron chi connectivity index (χ3n) is 5.28. The summed E-state index contributed by atoms with van der Waals surface area (Å²) in [4.78, 5) is 51.9. The van der Waals surface area contributed by atoms with Gasteiger partial charge in [-0.1, -0.05) is 12.1 Å². The molecule has 3 heterocycles. The van der Waals surface area contributed by atoms with Crippen LogP contribution < -0.4 is 0 Å². The highest BCUT2D eigenvalue weighted by molar-refractivity contribution is 6.22. The number of rotatable bonds is 2. The Bertz CT molecular complexity index is 773. The lowest BCUT2D eigenvalue weighted by molar-refractivity contribution is -0.162. The number of hydrazine groups is 1. The standard InChI is InChI=1S/C18H19N3O5/c1-26-18(25)14-8-10-19-9-4-7-13(17(24)21(14)19)20-15(22)11-5-2-3-6-12(11)16(20)23/h2-3,5-6,13-14H,4,7-10H2,1H3. The highest BCUT2D eigenvalue weighted by Gasteiger charge is 2.49. The van der Waals surface area contributed by atoms with Crippen molar-refractivity contribution in [2.45, 2.75) is 31.3 Å². The van der Waals surface area contributed by atoms with Gasteiger partial charge in [-0.3, -0.25) is 24.3 Å². The highest BCUT2D eigenvalue weighted by atomic mass is 16.5. The fourth-order valence-corrected chi connectivity index (χ4v) is 4.04. The van der Waals surface area contributed by atoms with Crippen LogP contribution in [0.1, 0.15) is 40.0 Å². The lowest BCUT2D eigenvalue weighted by Gasteiger charge is -2.32. The van der Waals surface area contributed by atoms with Crippen molar-refractivity contribution in [2.75, 3.05) is 20.2 Å². The summed E-state index contributed by atoms with van der Waals surface area (Å²) in [5.74, 6) is -1.79. The maximum absolute atomic E-state index is 13.2. The van der Waals surface area contributed by atoms with E-state index in [9.17, 15) is 19.2 Å². The van der Waals surface area contributed by atoms with Crippen LogP contribution in [0.5, 0.6) is 0 Å². The zero-order valence-corrected chi connectivity index (χ0v) is 14.4. The molecule has 0 N–H and O–H groups in total. The van der Waals surface area contributed by atoms with E-state index in [2.05, 4.69) is 0 Å². The second kappa shape index (κ2) is 6.21. The van der Waals surface area contributed by atoms with E-state index in [4.69, 9.17) is 4.74 Å². The topological polar surface area (TPSA) is 87.2 Å². The molecule has 2 atom stereocenters. The van der Waals surface area contributed by atoms with Crippen molar-refractivity contribution < 1.29 is 23.9 Å². The Morgan fingerprint density at radius 1 is 1.04 bits per heavy atom. The molecule has 0 aromatic heterocycles. The molecule has 1 aromatic carbocycles. The van der Waals surface area contributed by atoms with E-state index in [1.165, 1.54) is 12.1 Å². The zero-order chi connectivity index (χ0) is 18.4. The van der Waals surface area contributed by atoms with Gasteiger partial charge >= 0.3 is 5.97 Å². The van der Waals surface area contributed by atoms with Gasteiger partial charge in [-0.2, -0.15) is 0 Å². The number of carbonyl (C=O) groups is 4. The normalized spacial score (nSPS) is 26.0. The Morgan fingerprint density at radius 3 is 2.31 bits per heavy atom. The number of hydrogen-bond acceptors (Lipinski definition) is 6. The number of methoxy groups -OCH3 is 1. The van der Waals surface area contributed by atoms with E-state index in [1.807, 2.05) is 5.01 Å². The third-order valence-corrected chi connectivity index (χ3v) is 5.28. The Morgan fingerprint density at radius 2 is 1.69 bits per heavy atom. The molecule has 4 rings (SSSR count). The fraction of sp³-hybridized carbons (Fsp3) is 0.444. The molecule has 3 amide bonds. The lowest BCUT2D eigenvalue weighted by atomic mass is 10.1. The number of hydrogen-bond donors (Lipinski definition) is 0. The van der Waals surface area contributed by atoms with Crippen LogP contribution in [0.25, 0.3) is 0 Å². The van der Waals surface area contributed by atoms with Gasteiger partial charge in [0.15, 0.2) is 0 Å². The molecule has 2 saturated heterocycles. The molecule has 0 aliphatic carbocycles. The summed E-state index contributed by atoms with van der Waals surface area (Å²) in [6.07, 6.45) is 1.51. The molecule has 2 unspecified atom stereocenters. The number of imide groups is 1. The quantitative estimate of drug-likeness (QED) is 0.564. The van der Waals surface area contributed by atoms with Crippen LogP contribution in [-0.4, -0.2) is 70.9 Å². The van der Waals surface area contributed by atoms with Gasteiger partial charge in [-0.05, 0) is 31.4 Å². The minimum atomic E-state index is -0.905. The predicted molar refractivity (Wildman–Crippen MR) is 88.8 cm³/mol. The number of fused-ring (bicyclic) bond motifs is 2. The first-order valence-electron chi connectivity index (χ1n) is 8.67. The van der Waals surface area contributed by atoms with Gasteiger partial charge in [0.05, 0.1) is 18.2 Å². The van der Waals surface area contributed by atoms with Gasteiger partial charge < -0.3 is 4.74 Å². The number of ether oxygens (including phenoxy) is 1. The van der Waals surface area contributed by atoms with Gasteiger partial charge in [-0.15, -0.1) is 0 Å². The van der Waals surface area contributed by atoms with Gasteiger partial charge in [-0.25, -0.2) is 9.80 Å². The molecule has 3 aliphatic rings. The van der Waals surface area contributed by atoms with Crippen LogP contribution >= 0.6 is 0 Å². The van der Waals surface area contributed by atoms with E-state index in [0.717, 1.165) is 4.90 Å². The van der Waals surface area contributed by atoms with Crippen LogP contribution in [0, 0.1) is 0 Å². The average molecular weight is 357 g/mol. The molecule has 136 valence electrons. The Kier molecular flexibility index (Phi) is 3.99. The van der Waals surface area contributed by atoms with Gasteiger partial charge in [0.25, 0.3) is 17.7 Å². The van der Waals surface area contributed by atoms with Gasteiger partial charge in [0.1, 0.15) is 12.1 Å². The van der Waals surface area contributed by atoms with Crippen LogP contribution in [0.3, 0.4) is 0 Å². The van der Waals surface area contributed by atoms with Crippen molar-refractivity contribution in [2.24, 2.45) is 0 Å². The summed E-state index contributed by atoms with van der Waals surface area (Å²) in [6, 6.07) is 4.96. The van der Waals surface area contributed by atoms with E-state index in [1.54, 1.807) is 24.3 Å². The first kappa shape index (κ1) is 16.7. The maximum Gasteiger partial charge on any atom is 0.330 e. The van der Waals surface area contributed by atoms with Crippen LogP contribution in [0.2, 0.25) is 0 Å². The highest BCUT2D eigenvalue weighted by Crippen LogP contribution is 2.31. The van der Waals surface area contributed by atoms with Crippen molar-refractivity contribution in [1.29, 1.82) is 0 Å². The first-order valence-corrected chi connectivity index (χ1v) is 8.67. The summed E-state index contributed by atoms with van der Waals surface area (Å²) in [6.45, 7) is 1.17. The van der Waals surface area contributed by atoms with E-state index < -0.39 is 35.8 Å². The fourth-order valence-electron chi connectivity index (χ4n) is 4.04. The molecule has 0 spiro atoms. The molecule has 0 radical (unpaired) electrons. The molecule has 3 aliphatic heterocycles. The summed E-state index contributed by atoms with van der Waals surface area (Å²) < 4.78 is 4.82. The summed E-state index contributed by atoms with van der Waals surface area (Å²) in [7, 11) is 1.29. The third kappa shape index (κ3) is 2.33. The number of benzene rings is 1. The van der Waals surface area contributed by atoms with Gasteiger partial charge in [0, 0.05) is 13.1 Å². The van der Waals surface area contributed by atoms with E-state index in [-0.39, 0.29) is 0 Å². The number of nitrogens with zero attached hydrogens (tertiary/aromatic N) is 3. The van der Waals surface area contributed by atoms with Crippen molar-refractivity contribution in [3.05, 3.63) is 35.4 Å². The second-order valence-electron chi connectivity index (χ2n) is 6.65.